The number of nitrogens with zero attached hydrogens (tertiary/aromatic N) is 5. The maximum absolute atomic E-state index is 12.6. The number of carbonyl (C=O) groups is 1. The Balaban J connectivity index is 1.73. The molecule has 0 bridgehead atoms. The molecule has 3 rings (SSSR count). The van der Waals surface area contributed by atoms with Crippen LogP contribution in [-0.2, 0) is 7.05 Å². The topological polar surface area (TPSA) is 76.6 Å². The highest BCUT2D eigenvalue weighted by molar-refractivity contribution is 5.91. The SMILES string of the molecule is COc1cc(C(=O)N(C)C[C@@H]2CCCN(C)[C@H]2c2cnn(C)c2)on1. The second-order valence-electron chi connectivity index (χ2n) is 6.69. The molecule has 2 aromatic heterocycles. The highest BCUT2D eigenvalue weighted by atomic mass is 16.5. The van der Waals surface area contributed by atoms with E-state index in [1.165, 1.54) is 18.7 Å². The molecule has 2 aromatic rings. The smallest absolute Gasteiger partial charge is 0.292 e. The molecule has 0 spiro atoms. The first-order valence-corrected chi connectivity index (χ1v) is 8.44. The average Bonchev–Trinajstić information content (AvgIpc) is 3.23. The van der Waals surface area contributed by atoms with Crippen LogP contribution in [0, 0.1) is 5.92 Å². The molecular formula is C17H25N5O3. The van der Waals surface area contributed by atoms with Gasteiger partial charge in [0.1, 0.15) is 0 Å². The summed E-state index contributed by atoms with van der Waals surface area (Å²) in [7, 11) is 7.35. The van der Waals surface area contributed by atoms with Crippen molar-refractivity contribution in [2.24, 2.45) is 13.0 Å². The summed E-state index contributed by atoms with van der Waals surface area (Å²) < 4.78 is 11.9. The minimum absolute atomic E-state index is 0.186. The molecule has 1 aliphatic rings. The zero-order valence-electron chi connectivity index (χ0n) is 15.2. The quantitative estimate of drug-likeness (QED) is 0.817. The van der Waals surface area contributed by atoms with Crippen molar-refractivity contribution >= 4 is 5.91 Å². The Kier molecular flexibility index (Phi) is 5.08. The fourth-order valence-electron chi connectivity index (χ4n) is 3.65. The lowest BCUT2D eigenvalue weighted by Crippen LogP contribution is -2.42. The summed E-state index contributed by atoms with van der Waals surface area (Å²) in [6.45, 7) is 1.69. The van der Waals surface area contributed by atoms with Crippen molar-refractivity contribution in [3.8, 4) is 5.88 Å². The Hall–Kier alpha value is -2.35. The Morgan fingerprint density at radius 2 is 2.28 bits per heavy atom. The van der Waals surface area contributed by atoms with Gasteiger partial charge in [-0.05, 0) is 37.5 Å². The molecule has 1 saturated heterocycles. The van der Waals surface area contributed by atoms with Crippen molar-refractivity contribution in [1.82, 2.24) is 24.7 Å². The number of hydrogen-bond acceptors (Lipinski definition) is 6. The molecular weight excluding hydrogens is 322 g/mol. The van der Waals surface area contributed by atoms with Crippen molar-refractivity contribution in [2.45, 2.75) is 18.9 Å². The molecule has 3 heterocycles. The number of methoxy groups -OCH3 is 1. The van der Waals surface area contributed by atoms with Crippen molar-refractivity contribution < 1.29 is 14.1 Å². The molecule has 0 aromatic carbocycles. The van der Waals surface area contributed by atoms with Gasteiger partial charge in [0.05, 0.1) is 19.4 Å². The maximum atomic E-state index is 12.6. The summed E-state index contributed by atoms with van der Waals surface area (Å²) in [6, 6.07) is 1.77. The van der Waals surface area contributed by atoms with Crippen molar-refractivity contribution in [3.05, 3.63) is 29.8 Å². The van der Waals surface area contributed by atoms with E-state index in [1.807, 2.05) is 17.9 Å². The van der Waals surface area contributed by atoms with Crippen molar-refractivity contribution in [1.29, 1.82) is 0 Å². The van der Waals surface area contributed by atoms with Gasteiger partial charge in [-0.25, -0.2) is 0 Å². The van der Waals surface area contributed by atoms with Crippen LogP contribution in [0.3, 0.4) is 0 Å². The first kappa shape index (κ1) is 17.5. The standard InChI is InChI=1S/C17H25N5O3/c1-20-7-5-6-12(16(20)13-9-18-22(3)11-13)10-21(2)17(23)14-8-15(24-4)19-25-14/h8-9,11-12,16H,5-7,10H2,1-4H3/t12-,16+/m0/s1. The number of aryl methyl sites for hydroxylation is 1. The first-order chi connectivity index (χ1) is 12.0. The van der Waals surface area contributed by atoms with Gasteiger partial charge < -0.3 is 14.2 Å². The van der Waals surface area contributed by atoms with E-state index in [0.29, 0.717) is 18.3 Å². The molecule has 0 aliphatic carbocycles. The molecule has 2 atom stereocenters. The fourth-order valence-corrected chi connectivity index (χ4v) is 3.65. The second-order valence-corrected chi connectivity index (χ2v) is 6.69. The molecule has 0 unspecified atom stereocenters. The highest BCUT2D eigenvalue weighted by Crippen LogP contribution is 2.35. The third-order valence-electron chi connectivity index (χ3n) is 4.84. The summed E-state index contributed by atoms with van der Waals surface area (Å²) in [6.07, 6.45) is 6.17. The van der Waals surface area contributed by atoms with Crippen molar-refractivity contribution in [2.75, 3.05) is 34.3 Å². The third-order valence-corrected chi connectivity index (χ3v) is 4.84. The van der Waals surface area contributed by atoms with E-state index in [0.717, 1.165) is 19.4 Å². The van der Waals surface area contributed by atoms with Gasteiger partial charge in [0.25, 0.3) is 11.8 Å². The van der Waals surface area contributed by atoms with Crippen LogP contribution >= 0.6 is 0 Å². The van der Waals surface area contributed by atoms with E-state index >= 15 is 0 Å². The molecule has 1 amide bonds. The van der Waals surface area contributed by atoms with Crippen LogP contribution in [0.15, 0.2) is 23.0 Å². The number of amides is 1. The van der Waals surface area contributed by atoms with Crippen LogP contribution in [0.2, 0.25) is 0 Å². The van der Waals surface area contributed by atoms with Gasteiger partial charge >= 0.3 is 0 Å². The lowest BCUT2D eigenvalue weighted by molar-refractivity contribution is 0.0611. The summed E-state index contributed by atoms with van der Waals surface area (Å²) in [5.41, 5.74) is 1.19. The van der Waals surface area contributed by atoms with Crippen LogP contribution in [0.1, 0.15) is 35.0 Å². The maximum Gasteiger partial charge on any atom is 0.292 e. The first-order valence-electron chi connectivity index (χ1n) is 8.44. The second kappa shape index (κ2) is 7.26. The number of piperidine rings is 1. The summed E-state index contributed by atoms with van der Waals surface area (Å²) >= 11 is 0. The third kappa shape index (κ3) is 3.68. The monoisotopic (exact) mass is 347 g/mol. The molecule has 0 saturated carbocycles. The molecule has 0 N–H and O–H groups in total. The van der Waals surface area contributed by atoms with Crippen LogP contribution in [0.25, 0.3) is 0 Å². The molecule has 0 radical (unpaired) electrons. The Morgan fingerprint density at radius 3 is 2.92 bits per heavy atom. The average molecular weight is 347 g/mol. The van der Waals surface area contributed by atoms with Gasteiger partial charge in [-0.2, -0.15) is 5.10 Å². The number of rotatable bonds is 5. The number of hydrogen-bond donors (Lipinski definition) is 0. The zero-order valence-corrected chi connectivity index (χ0v) is 15.2. The molecule has 8 heteroatoms. The summed E-state index contributed by atoms with van der Waals surface area (Å²) in [5.74, 6) is 0.652. The lowest BCUT2D eigenvalue weighted by Gasteiger charge is -2.40. The van der Waals surface area contributed by atoms with Gasteiger partial charge in [0, 0.05) is 38.4 Å². The predicted octanol–water partition coefficient (Wildman–Crippen LogP) is 1.57. The van der Waals surface area contributed by atoms with Crippen LogP contribution in [0.5, 0.6) is 5.88 Å². The molecule has 136 valence electrons. The van der Waals surface area contributed by atoms with E-state index < -0.39 is 0 Å². The van der Waals surface area contributed by atoms with Gasteiger partial charge in [-0.15, -0.1) is 0 Å². The van der Waals surface area contributed by atoms with Gasteiger partial charge in [-0.1, -0.05) is 0 Å². The number of carbonyl (C=O) groups excluding carboxylic acids is 1. The minimum atomic E-state index is -0.186. The zero-order chi connectivity index (χ0) is 18.0. The minimum Gasteiger partial charge on any atom is -0.479 e. The number of ether oxygens (including phenoxy) is 1. The van der Waals surface area contributed by atoms with E-state index in [2.05, 4.69) is 28.4 Å². The van der Waals surface area contributed by atoms with Gasteiger partial charge in [-0.3, -0.25) is 14.4 Å². The normalized spacial score (nSPS) is 21.3. The lowest BCUT2D eigenvalue weighted by atomic mass is 9.85. The number of likely N-dealkylation sites (tertiary alicyclic amines) is 1. The van der Waals surface area contributed by atoms with E-state index in [-0.39, 0.29) is 17.7 Å². The van der Waals surface area contributed by atoms with Crippen molar-refractivity contribution in [3.63, 3.8) is 0 Å². The van der Waals surface area contributed by atoms with E-state index in [9.17, 15) is 4.79 Å². The Bertz CT molecular complexity index is 725. The molecule has 25 heavy (non-hydrogen) atoms. The van der Waals surface area contributed by atoms with Crippen LogP contribution < -0.4 is 4.74 Å². The summed E-state index contributed by atoms with van der Waals surface area (Å²) in [4.78, 5) is 16.6. The molecule has 1 aliphatic heterocycles. The molecule has 1 fully saturated rings. The van der Waals surface area contributed by atoms with Gasteiger partial charge in [0.15, 0.2) is 0 Å². The van der Waals surface area contributed by atoms with Crippen LogP contribution in [-0.4, -0.2) is 64.9 Å². The number of aromatic nitrogens is 3. The molecule has 8 nitrogen and oxygen atoms in total. The van der Waals surface area contributed by atoms with Crippen LogP contribution in [0.4, 0.5) is 0 Å². The predicted molar refractivity (Wildman–Crippen MR) is 91.3 cm³/mol. The highest BCUT2D eigenvalue weighted by Gasteiger charge is 2.33. The van der Waals surface area contributed by atoms with E-state index in [1.54, 1.807) is 11.9 Å². The fraction of sp³-hybridized carbons (Fsp3) is 0.588. The Labute approximate surface area is 147 Å². The van der Waals surface area contributed by atoms with E-state index in [4.69, 9.17) is 9.26 Å². The Morgan fingerprint density at radius 1 is 1.48 bits per heavy atom. The summed E-state index contributed by atoms with van der Waals surface area (Å²) in [5, 5.41) is 8.01. The van der Waals surface area contributed by atoms with Gasteiger partial charge in [0.2, 0.25) is 5.76 Å². The largest absolute Gasteiger partial charge is 0.479 e.